The number of esters is 1. The Hall–Kier alpha value is -4.59. The van der Waals surface area contributed by atoms with E-state index in [-0.39, 0.29) is 5.91 Å². The summed E-state index contributed by atoms with van der Waals surface area (Å²) in [6, 6.07) is 18.7. The Morgan fingerprint density at radius 2 is 1.82 bits per heavy atom. The third kappa shape index (κ3) is 5.60. The summed E-state index contributed by atoms with van der Waals surface area (Å²) in [5, 5.41) is 7.12. The van der Waals surface area contributed by atoms with Crippen LogP contribution in [-0.4, -0.2) is 38.7 Å². The van der Waals surface area contributed by atoms with Crippen molar-refractivity contribution in [1.82, 2.24) is 25.1 Å². The molecule has 8 nitrogen and oxygen atoms in total. The molecule has 0 bridgehead atoms. The lowest BCUT2D eigenvalue weighted by Crippen LogP contribution is -2.24. The number of hydrogen-bond donors (Lipinski definition) is 1. The second-order valence-corrected chi connectivity index (χ2v) is 7.50. The van der Waals surface area contributed by atoms with Crippen molar-refractivity contribution in [2.75, 3.05) is 7.11 Å². The summed E-state index contributed by atoms with van der Waals surface area (Å²) < 4.78 is 6.35. The normalized spacial score (nSPS) is 10.9. The Labute approximate surface area is 197 Å². The van der Waals surface area contributed by atoms with Gasteiger partial charge < -0.3 is 10.1 Å². The quantitative estimate of drug-likeness (QED) is 0.338. The molecule has 1 N–H and O–H groups in total. The van der Waals surface area contributed by atoms with Crippen LogP contribution in [0, 0.1) is 6.92 Å². The van der Waals surface area contributed by atoms with E-state index in [1.165, 1.54) is 13.2 Å². The molecule has 8 heteroatoms. The topological polar surface area (TPSA) is 99.0 Å². The predicted molar refractivity (Wildman–Crippen MR) is 128 cm³/mol. The smallest absolute Gasteiger partial charge is 0.330 e. The van der Waals surface area contributed by atoms with Gasteiger partial charge >= 0.3 is 5.97 Å². The van der Waals surface area contributed by atoms with Crippen molar-refractivity contribution in [1.29, 1.82) is 0 Å². The molecule has 0 aliphatic heterocycles. The minimum Gasteiger partial charge on any atom is -0.466 e. The lowest BCUT2D eigenvalue weighted by atomic mass is 10.1. The SMILES string of the molecule is COC(=O)/C=C/c1ccc(CNC(=O)c2cc(C)nc(-c3ccc(-n4cccn4)cc3)n2)cc1. The highest BCUT2D eigenvalue weighted by Crippen LogP contribution is 2.18. The molecule has 0 atom stereocenters. The largest absolute Gasteiger partial charge is 0.466 e. The summed E-state index contributed by atoms with van der Waals surface area (Å²) in [7, 11) is 1.33. The molecule has 0 saturated heterocycles. The predicted octanol–water partition coefficient (Wildman–Crippen LogP) is 3.75. The molecule has 2 aromatic heterocycles. The first-order valence-corrected chi connectivity index (χ1v) is 10.6. The zero-order valence-corrected chi connectivity index (χ0v) is 18.8. The average molecular weight is 454 g/mol. The number of benzene rings is 2. The molecule has 4 rings (SSSR count). The maximum atomic E-state index is 12.8. The van der Waals surface area contributed by atoms with Crippen molar-refractivity contribution < 1.29 is 14.3 Å². The van der Waals surface area contributed by atoms with Gasteiger partial charge in [0.1, 0.15) is 5.69 Å². The van der Waals surface area contributed by atoms with Crippen LogP contribution < -0.4 is 5.32 Å². The molecule has 4 aromatic rings. The number of hydrogen-bond acceptors (Lipinski definition) is 6. The lowest BCUT2D eigenvalue weighted by molar-refractivity contribution is -0.134. The first-order chi connectivity index (χ1) is 16.5. The first kappa shape index (κ1) is 22.6. The number of nitrogens with zero attached hydrogens (tertiary/aromatic N) is 4. The first-order valence-electron chi connectivity index (χ1n) is 10.6. The monoisotopic (exact) mass is 453 g/mol. The van der Waals surface area contributed by atoms with Crippen LogP contribution in [0.5, 0.6) is 0 Å². The Bertz CT molecular complexity index is 1310. The number of nitrogens with one attached hydrogen (secondary N) is 1. The maximum absolute atomic E-state index is 12.8. The number of carbonyl (C=O) groups is 2. The van der Waals surface area contributed by atoms with E-state index in [4.69, 9.17) is 0 Å². The second-order valence-electron chi connectivity index (χ2n) is 7.50. The molecule has 170 valence electrons. The van der Waals surface area contributed by atoms with Gasteiger partial charge in [0.15, 0.2) is 5.82 Å². The minimum absolute atomic E-state index is 0.283. The molecule has 0 saturated carbocycles. The summed E-state index contributed by atoms with van der Waals surface area (Å²) in [5.41, 5.74) is 4.51. The van der Waals surface area contributed by atoms with Crippen molar-refractivity contribution in [2.45, 2.75) is 13.5 Å². The summed E-state index contributed by atoms with van der Waals surface area (Å²) in [6.45, 7) is 2.18. The number of rotatable bonds is 7. The minimum atomic E-state index is -0.412. The van der Waals surface area contributed by atoms with Crippen LogP contribution >= 0.6 is 0 Å². The van der Waals surface area contributed by atoms with Crippen LogP contribution in [0.1, 0.15) is 27.3 Å². The van der Waals surface area contributed by atoms with E-state index in [0.29, 0.717) is 23.8 Å². The van der Waals surface area contributed by atoms with Gasteiger partial charge in [-0.15, -0.1) is 0 Å². The molecule has 0 aliphatic rings. The van der Waals surface area contributed by atoms with Crippen molar-refractivity contribution in [3.8, 4) is 17.1 Å². The van der Waals surface area contributed by atoms with Gasteiger partial charge in [0.25, 0.3) is 5.91 Å². The van der Waals surface area contributed by atoms with E-state index in [9.17, 15) is 9.59 Å². The molecule has 1 amide bonds. The van der Waals surface area contributed by atoms with Gasteiger partial charge in [-0.25, -0.2) is 19.4 Å². The third-order valence-corrected chi connectivity index (χ3v) is 5.03. The fourth-order valence-corrected chi connectivity index (χ4v) is 3.25. The molecule has 2 aromatic carbocycles. The van der Waals surface area contributed by atoms with Crippen LogP contribution in [0.25, 0.3) is 23.2 Å². The molecule has 0 unspecified atom stereocenters. The molecule has 34 heavy (non-hydrogen) atoms. The molecule has 0 fully saturated rings. The summed E-state index contributed by atoms with van der Waals surface area (Å²) >= 11 is 0. The van der Waals surface area contributed by atoms with E-state index in [1.807, 2.05) is 67.7 Å². The Morgan fingerprint density at radius 1 is 1.06 bits per heavy atom. The number of carbonyl (C=O) groups excluding carboxylic acids is 2. The number of aromatic nitrogens is 4. The summed E-state index contributed by atoms with van der Waals surface area (Å²) in [4.78, 5) is 32.9. The van der Waals surface area contributed by atoms with Crippen LogP contribution in [0.2, 0.25) is 0 Å². The maximum Gasteiger partial charge on any atom is 0.330 e. The van der Waals surface area contributed by atoms with Crippen LogP contribution in [0.3, 0.4) is 0 Å². The Balaban J connectivity index is 1.43. The highest BCUT2D eigenvalue weighted by Gasteiger charge is 2.12. The number of methoxy groups -OCH3 is 1. The standard InChI is InChI=1S/C26H23N5O3/c1-18-16-23(26(33)27-17-20-6-4-19(5-7-20)8-13-24(32)34-2)30-25(29-18)21-9-11-22(12-10-21)31-15-3-14-28-31/h3-16H,17H2,1-2H3,(H,27,33)/b13-8+. The lowest BCUT2D eigenvalue weighted by Gasteiger charge is -2.09. The molecule has 0 spiro atoms. The van der Waals surface area contributed by atoms with Crippen LogP contribution in [0.4, 0.5) is 0 Å². The van der Waals surface area contributed by atoms with Gasteiger partial charge in [-0.1, -0.05) is 24.3 Å². The van der Waals surface area contributed by atoms with Gasteiger partial charge in [0.05, 0.1) is 12.8 Å². The van der Waals surface area contributed by atoms with Crippen molar-refractivity contribution in [3.63, 3.8) is 0 Å². The van der Waals surface area contributed by atoms with Crippen molar-refractivity contribution >= 4 is 18.0 Å². The van der Waals surface area contributed by atoms with E-state index in [1.54, 1.807) is 23.0 Å². The highest BCUT2D eigenvalue weighted by molar-refractivity contribution is 5.92. The molecule has 0 aliphatic carbocycles. The van der Waals surface area contributed by atoms with Crippen molar-refractivity contribution in [2.24, 2.45) is 0 Å². The molecule has 0 radical (unpaired) electrons. The van der Waals surface area contributed by atoms with Crippen LogP contribution in [-0.2, 0) is 16.1 Å². The summed E-state index contributed by atoms with van der Waals surface area (Å²) in [5.74, 6) is -0.210. The van der Waals surface area contributed by atoms with Gasteiger partial charge in [0.2, 0.25) is 0 Å². The molecular formula is C26H23N5O3. The van der Waals surface area contributed by atoms with E-state index < -0.39 is 5.97 Å². The van der Waals surface area contributed by atoms with E-state index in [0.717, 1.165) is 22.4 Å². The third-order valence-electron chi connectivity index (χ3n) is 5.03. The van der Waals surface area contributed by atoms with Gasteiger partial charge in [-0.2, -0.15) is 5.10 Å². The summed E-state index contributed by atoms with van der Waals surface area (Å²) in [6.07, 6.45) is 6.62. The van der Waals surface area contributed by atoms with Gasteiger partial charge in [-0.05, 0) is 60.5 Å². The van der Waals surface area contributed by atoms with Crippen LogP contribution in [0.15, 0.2) is 79.1 Å². The zero-order chi connectivity index (χ0) is 23.9. The van der Waals surface area contributed by atoms with Gasteiger partial charge in [0, 0.05) is 36.3 Å². The molecular weight excluding hydrogens is 430 g/mol. The fraction of sp³-hybridized carbons (Fsp3) is 0.115. The molecule has 2 heterocycles. The average Bonchev–Trinajstić information content (AvgIpc) is 3.41. The van der Waals surface area contributed by atoms with Gasteiger partial charge in [-0.3, -0.25) is 4.79 Å². The number of amides is 1. The Kier molecular flexibility index (Phi) is 6.88. The number of ether oxygens (including phenoxy) is 1. The van der Waals surface area contributed by atoms with Crippen molar-refractivity contribution in [3.05, 3.63) is 102 Å². The highest BCUT2D eigenvalue weighted by atomic mass is 16.5. The van der Waals surface area contributed by atoms with E-state index >= 15 is 0 Å². The number of aryl methyl sites for hydroxylation is 1. The fourth-order valence-electron chi connectivity index (χ4n) is 3.25. The Morgan fingerprint density at radius 3 is 2.50 bits per heavy atom. The van der Waals surface area contributed by atoms with E-state index in [2.05, 4.69) is 25.1 Å². The second kappa shape index (κ2) is 10.4. The zero-order valence-electron chi connectivity index (χ0n) is 18.8.